The van der Waals surface area contributed by atoms with Crippen molar-refractivity contribution in [1.29, 1.82) is 0 Å². The van der Waals surface area contributed by atoms with Gasteiger partial charge in [-0.2, -0.15) is 0 Å². The Labute approximate surface area is 179 Å². The molecule has 7 heteroatoms. The van der Waals surface area contributed by atoms with Crippen LogP contribution in [0.5, 0.6) is 0 Å². The van der Waals surface area contributed by atoms with Gasteiger partial charge >= 0.3 is 0 Å². The Bertz CT molecular complexity index is 1190. The first-order chi connectivity index (χ1) is 13.7. The van der Waals surface area contributed by atoms with Crippen molar-refractivity contribution in [3.63, 3.8) is 0 Å². The SMILES string of the molecule is Cc1ccc(Br)c(NS(=O)(=O)c2cccc(C(=O)Nc3cccc(C)c3C)c2)c1. The largest absolute Gasteiger partial charge is 0.322 e. The van der Waals surface area contributed by atoms with Crippen LogP contribution in [0.25, 0.3) is 0 Å². The highest BCUT2D eigenvalue weighted by atomic mass is 79.9. The molecule has 0 fully saturated rings. The van der Waals surface area contributed by atoms with Crippen LogP contribution in [0.1, 0.15) is 27.0 Å². The molecule has 0 aromatic heterocycles. The van der Waals surface area contributed by atoms with Gasteiger partial charge in [0.25, 0.3) is 15.9 Å². The summed E-state index contributed by atoms with van der Waals surface area (Å²) < 4.78 is 28.9. The molecule has 0 unspecified atom stereocenters. The molecule has 3 rings (SSSR count). The quantitative estimate of drug-likeness (QED) is 0.519. The lowest BCUT2D eigenvalue weighted by Crippen LogP contribution is -2.16. The molecule has 2 N–H and O–H groups in total. The maximum absolute atomic E-state index is 12.8. The Morgan fingerprint density at radius 3 is 2.38 bits per heavy atom. The Morgan fingerprint density at radius 2 is 1.62 bits per heavy atom. The monoisotopic (exact) mass is 472 g/mol. The van der Waals surface area contributed by atoms with Gasteiger partial charge in [0, 0.05) is 15.7 Å². The number of carbonyl (C=O) groups excluding carboxylic acids is 1. The first-order valence-electron chi connectivity index (χ1n) is 8.94. The molecule has 0 heterocycles. The van der Waals surface area contributed by atoms with Gasteiger partial charge in [0.15, 0.2) is 0 Å². The average Bonchev–Trinajstić information content (AvgIpc) is 2.68. The number of rotatable bonds is 5. The van der Waals surface area contributed by atoms with Crippen LogP contribution in [0.3, 0.4) is 0 Å². The summed E-state index contributed by atoms with van der Waals surface area (Å²) in [6.07, 6.45) is 0. The van der Waals surface area contributed by atoms with E-state index in [1.165, 1.54) is 12.1 Å². The first-order valence-corrected chi connectivity index (χ1v) is 11.2. The third-order valence-electron chi connectivity index (χ3n) is 4.63. The molecule has 3 aromatic rings. The summed E-state index contributed by atoms with van der Waals surface area (Å²) in [7, 11) is -3.86. The summed E-state index contributed by atoms with van der Waals surface area (Å²) in [6.45, 7) is 5.77. The van der Waals surface area contributed by atoms with Crippen molar-refractivity contribution < 1.29 is 13.2 Å². The van der Waals surface area contributed by atoms with Crippen LogP contribution >= 0.6 is 15.9 Å². The number of hydrogen-bond acceptors (Lipinski definition) is 3. The average molecular weight is 473 g/mol. The molecule has 0 bridgehead atoms. The van der Waals surface area contributed by atoms with E-state index in [1.807, 2.05) is 45.0 Å². The van der Waals surface area contributed by atoms with Crippen LogP contribution in [0.15, 0.2) is 70.0 Å². The van der Waals surface area contributed by atoms with E-state index in [-0.39, 0.29) is 16.4 Å². The molecule has 0 aliphatic heterocycles. The molecule has 150 valence electrons. The maximum atomic E-state index is 12.8. The zero-order valence-electron chi connectivity index (χ0n) is 16.3. The number of nitrogens with one attached hydrogen (secondary N) is 2. The molecule has 1 amide bonds. The summed E-state index contributed by atoms with van der Waals surface area (Å²) >= 11 is 3.35. The van der Waals surface area contributed by atoms with E-state index in [2.05, 4.69) is 26.0 Å². The zero-order valence-corrected chi connectivity index (χ0v) is 18.7. The highest BCUT2D eigenvalue weighted by Gasteiger charge is 2.18. The summed E-state index contributed by atoms with van der Waals surface area (Å²) in [5, 5.41) is 2.85. The number of sulfonamides is 1. The molecule has 0 atom stereocenters. The second kappa shape index (κ2) is 8.39. The summed E-state index contributed by atoms with van der Waals surface area (Å²) in [4.78, 5) is 12.7. The van der Waals surface area contributed by atoms with Crippen molar-refractivity contribution in [2.24, 2.45) is 0 Å². The number of anilines is 2. The fraction of sp³-hybridized carbons (Fsp3) is 0.136. The fourth-order valence-electron chi connectivity index (χ4n) is 2.81. The van der Waals surface area contributed by atoms with Crippen LogP contribution < -0.4 is 10.0 Å². The van der Waals surface area contributed by atoms with Gasteiger partial charge in [0.2, 0.25) is 0 Å². The van der Waals surface area contributed by atoms with Gasteiger partial charge < -0.3 is 5.32 Å². The Hall–Kier alpha value is -2.64. The van der Waals surface area contributed by atoms with Gasteiger partial charge in [-0.1, -0.05) is 24.3 Å². The molecular formula is C22H21BrN2O3S. The number of aryl methyl sites for hydroxylation is 2. The molecule has 0 spiro atoms. The predicted octanol–water partition coefficient (Wildman–Crippen LogP) is 5.43. The normalized spacial score (nSPS) is 11.2. The minimum atomic E-state index is -3.86. The minimum absolute atomic E-state index is 0.0134. The van der Waals surface area contributed by atoms with Gasteiger partial charge in [-0.15, -0.1) is 0 Å². The van der Waals surface area contributed by atoms with Crippen LogP contribution in [-0.2, 0) is 10.0 Å². The molecule has 0 saturated heterocycles. The van der Waals surface area contributed by atoms with Gasteiger partial charge in [-0.25, -0.2) is 8.42 Å². The van der Waals surface area contributed by atoms with Crippen molar-refractivity contribution in [2.45, 2.75) is 25.7 Å². The number of amides is 1. The number of halogens is 1. The third kappa shape index (κ3) is 4.86. The van der Waals surface area contributed by atoms with Crippen molar-refractivity contribution in [1.82, 2.24) is 0 Å². The Kier molecular flexibility index (Phi) is 6.10. The lowest BCUT2D eigenvalue weighted by Gasteiger charge is -2.13. The molecule has 0 saturated carbocycles. The van der Waals surface area contributed by atoms with Crippen LogP contribution in [0.4, 0.5) is 11.4 Å². The van der Waals surface area contributed by atoms with Crippen molar-refractivity contribution in [2.75, 3.05) is 10.0 Å². The van der Waals surface area contributed by atoms with E-state index in [0.29, 0.717) is 15.8 Å². The van der Waals surface area contributed by atoms with E-state index < -0.39 is 10.0 Å². The van der Waals surface area contributed by atoms with Crippen molar-refractivity contribution in [3.05, 3.63) is 87.4 Å². The lowest BCUT2D eigenvalue weighted by atomic mass is 10.1. The molecular weight excluding hydrogens is 452 g/mol. The van der Waals surface area contributed by atoms with E-state index in [9.17, 15) is 13.2 Å². The second-order valence-corrected chi connectivity index (χ2v) is 9.35. The van der Waals surface area contributed by atoms with Crippen molar-refractivity contribution >= 4 is 43.2 Å². The molecule has 0 radical (unpaired) electrons. The van der Waals surface area contributed by atoms with Crippen molar-refractivity contribution in [3.8, 4) is 0 Å². The molecule has 0 aliphatic rings. The lowest BCUT2D eigenvalue weighted by molar-refractivity contribution is 0.102. The maximum Gasteiger partial charge on any atom is 0.261 e. The standard InChI is InChI=1S/C22H21BrN2O3S/c1-14-10-11-19(23)21(12-14)25-29(27,28)18-8-5-7-17(13-18)22(26)24-20-9-4-6-15(2)16(20)3/h4-13,25H,1-3H3,(H,24,26). The number of benzene rings is 3. The van der Waals surface area contributed by atoms with E-state index >= 15 is 0 Å². The summed E-state index contributed by atoms with van der Waals surface area (Å²) in [5.41, 5.74) is 4.35. The number of hydrogen-bond donors (Lipinski definition) is 2. The van der Waals surface area contributed by atoms with Crippen LogP contribution in [-0.4, -0.2) is 14.3 Å². The zero-order chi connectivity index (χ0) is 21.2. The highest BCUT2D eigenvalue weighted by Crippen LogP contribution is 2.26. The third-order valence-corrected chi connectivity index (χ3v) is 6.68. The van der Waals surface area contributed by atoms with Gasteiger partial charge in [0.05, 0.1) is 10.6 Å². The molecule has 29 heavy (non-hydrogen) atoms. The summed E-state index contributed by atoms with van der Waals surface area (Å²) in [6, 6.07) is 17.0. The second-order valence-electron chi connectivity index (χ2n) is 6.82. The highest BCUT2D eigenvalue weighted by molar-refractivity contribution is 9.10. The first kappa shape index (κ1) is 21.1. The topological polar surface area (TPSA) is 75.3 Å². The smallest absolute Gasteiger partial charge is 0.261 e. The van der Waals surface area contributed by atoms with E-state index in [0.717, 1.165) is 16.7 Å². The van der Waals surface area contributed by atoms with Gasteiger partial charge in [0.1, 0.15) is 0 Å². The minimum Gasteiger partial charge on any atom is -0.322 e. The number of carbonyl (C=O) groups is 1. The van der Waals surface area contributed by atoms with Gasteiger partial charge in [-0.05, 0) is 89.8 Å². The van der Waals surface area contributed by atoms with E-state index in [4.69, 9.17) is 0 Å². The van der Waals surface area contributed by atoms with E-state index in [1.54, 1.807) is 24.3 Å². The fourth-order valence-corrected chi connectivity index (χ4v) is 4.40. The van der Waals surface area contributed by atoms with Crippen LogP contribution in [0, 0.1) is 20.8 Å². The molecule has 5 nitrogen and oxygen atoms in total. The molecule has 0 aliphatic carbocycles. The van der Waals surface area contributed by atoms with Gasteiger partial charge in [-0.3, -0.25) is 9.52 Å². The Morgan fingerprint density at radius 1 is 0.897 bits per heavy atom. The van der Waals surface area contributed by atoms with Crippen LogP contribution in [0.2, 0.25) is 0 Å². The summed E-state index contributed by atoms with van der Waals surface area (Å²) in [5.74, 6) is -0.368. The predicted molar refractivity (Wildman–Crippen MR) is 120 cm³/mol. The Balaban J connectivity index is 1.87. The molecule has 3 aromatic carbocycles.